The van der Waals surface area contributed by atoms with Gasteiger partial charge in [0.2, 0.25) is 0 Å². The highest BCUT2D eigenvalue weighted by Crippen LogP contribution is 2.34. The van der Waals surface area contributed by atoms with Crippen LogP contribution >= 0.6 is 0 Å². The molecule has 1 aliphatic carbocycles. The number of hydrogen-bond donors (Lipinski definition) is 2. The maximum atomic E-state index is 6.13. The first kappa shape index (κ1) is 13.1. The van der Waals surface area contributed by atoms with Gasteiger partial charge in [-0.25, -0.2) is 0 Å². The van der Waals surface area contributed by atoms with Crippen molar-refractivity contribution in [2.24, 2.45) is 5.73 Å². The molecule has 3 heteroatoms. The molecular formula is C16H24N2O. The van der Waals surface area contributed by atoms with Crippen molar-refractivity contribution < 1.29 is 4.74 Å². The Morgan fingerprint density at radius 2 is 2.21 bits per heavy atom. The molecular weight excluding hydrogens is 236 g/mol. The first-order valence-electron chi connectivity index (χ1n) is 7.49. The van der Waals surface area contributed by atoms with Crippen molar-refractivity contribution in [3.05, 3.63) is 35.4 Å². The van der Waals surface area contributed by atoms with Crippen molar-refractivity contribution in [3.8, 4) is 0 Å². The van der Waals surface area contributed by atoms with E-state index in [1.54, 1.807) is 0 Å². The zero-order valence-electron chi connectivity index (χ0n) is 11.5. The second-order valence-electron chi connectivity index (χ2n) is 5.81. The number of nitrogens with two attached hydrogens (primary N) is 1. The maximum Gasteiger partial charge on any atom is 0.0700 e. The van der Waals surface area contributed by atoms with Gasteiger partial charge in [0.25, 0.3) is 0 Å². The van der Waals surface area contributed by atoms with Gasteiger partial charge >= 0.3 is 0 Å². The fourth-order valence-corrected chi connectivity index (χ4v) is 3.50. The number of aryl methyl sites for hydroxylation is 1. The number of nitrogens with one attached hydrogen (secondary N) is 1. The molecule has 0 radical (unpaired) electrons. The van der Waals surface area contributed by atoms with Gasteiger partial charge in [-0.15, -0.1) is 0 Å². The lowest BCUT2D eigenvalue weighted by atomic mass is 9.76. The van der Waals surface area contributed by atoms with Crippen LogP contribution in [0.3, 0.4) is 0 Å². The van der Waals surface area contributed by atoms with E-state index < -0.39 is 0 Å². The van der Waals surface area contributed by atoms with E-state index in [0.717, 1.165) is 19.6 Å². The van der Waals surface area contributed by atoms with Crippen molar-refractivity contribution in [1.82, 2.24) is 5.32 Å². The van der Waals surface area contributed by atoms with Crippen molar-refractivity contribution in [2.75, 3.05) is 19.7 Å². The molecule has 0 amide bonds. The Bertz CT molecular complexity index is 429. The Morgan fingerprint density at radius 3 is 3.00 bits per heavy atom. The SMILES string of the molecule is NCC1(NCC2CCCO2)CCCc2ccccc21. The first-order chi connectivity index (χ1) is 9.34. The average Bonchev–Trinajstić information content (AvgIpc) is 2.98. The van der Waals surface area contributed by atoms with E-state index in [1.807, 2.05) is 0 Å². The van der Waals surface area contributed by atoms with Crippen LogP contribution in [0, 0.1) is 0 Å². The van der Waals surface area contributed by atoms with Crippen LogP contribution < -0.4 is 11.1 Å². The highest BCUT2D eigenvalue weighted by molar-refractivity contribution is 5.36. The number of benzene rings is 1. The number of hydrogen-bond acceptors (Lipinski definition) is 3. The predicted molar refractivity (Wildman–Crippen MR) is 77.1 cm³/mol. The largest absolute Gasteiger partial charge is 0.377 e. The first-order valence-corrected chi connectivity index (χ1v) is 7.49. The van der Waals surface area contributed by atoms with E-state index in [1.165, 1.54) is 36.8 Å². The summed E-state index contributed by atoms with van der Waals surface area (Å²) >= 11 is 0. The molecule has 1 fully saturated rings. The van der Waals surface area contributed by atoms with E-state index in [2.05, 4.69) is 29.6 Å². The highest BCUT2D eigenvalue weighted by Gasteiger charge is 2.35. The van der Waals surface area contributed by atoms with Gasteiger partial charge in [0.05, 0.1) is 11.6 Å². The van der Waals surface area contributed by atoms with Gasteiger partial charge in [-0.05, 0) is 43.2 Å². The van der Waals surface area contributed by atoms with Gasteiger partial charge < -0.3 is 15.8 Å². The summed E-state index contributed by atoms with van der Waals surface area (Å²) in [7, 11) is 0. The fourth-order valence-electron chi connectivity index (χ4n) is 3.50. The molecule has 2 atom stereocenters. The second-order valence-corrected chi connectivity index (χ2v) is 5.81. The standard InChI is InChI=1S/C16H24N2O/c17-12-16(18-11-14-7-4-10-19-14)9-3-6-13-5-1-2-8-15(13)16/h1-2,5,8,14,18H,3-4,6-7,9-12,17H2. The van der Waals surface area contributed by atoms with Crippen LogP contribution in [0.2, 0.25) is 0 Å². The Kier molecular flexibility index (Phi) is 3.87. The van der Waals surface area contributed by atoms with Crippen molar-refractivity contribution in [2.45, 2.75) is 43.7 Å². The molecule has 1 aliphatic heterocycles. The molecule has 1 saturated heterocycles. The van der Waals surface area contributed by atoms with Crippen molar-refractivity contribution in [3.63, 3.8) is 0 Å². The molecule has 1 aromatic rings. The fraction of sp³-hybridized carbons (Fsp3) is 0.625. The Hall–Kier alpha value is -0.900. The van der Waals surface area contributed by atoms with E-state index in [9.17, 15) is 0 Å². The van der Waals surface area contributed by atoms with Crippen LogP contribution in [0.25, 0.3) is 0 Å². The summed E-state index contributed by atoms with van der Waals surface area (Å²) in [6, 6.07) is 8.74. The molecule has 3 N–H and O–H groups in total. The zero-order valence-corrected chi connectivity index (χ0v) is 11.5. The molecule has 0 spiro atoms. The molecule has 2 aliphatic rings. The minimum Gasteiger partial charge on any atom is -0.377 e. The monoisotopic (exact) mass is 260 g/mol. The summed E-state index contributed by atoms with van der Waals surface area (Å²) in [5.74, 6) is 0. The minimum atomic E-state index is -0.0409. The van der Waals surface area contributed by atoms with Gasteiger partial charge in [0.15, 0.2) is 0 Å². The summed E-state index contributed by atoms with van der Waals surface area (Å²) < 4.78 is 5.72. The summed E-state index contributed by atoms with van der Waals surface area (Å²) in [6.07, 6.45) is 6.27. The lowest BCUT2D eigenvalue weighted by molar-refractivity contribution is 0.0984. The molecule has 3 nitrogen and oxygen atoms in total. The molecule has 104 valence electrons. The quantitative estimate of drug-likeness (QED) is 0.870. The lowest BCUT2D eigenvalue weighted by Crippen LogP contribution is -2.52. The minimum absolute atomic E-state index is 0.0409. The summed E-state index contributed by atoms with van der Waals surface area (Å²) in [6.45, 7) is 2.50. The molecule has 3 rings (SSSR count). The third-order valence-corrected chi connectivity index (χ3v) is 4.62. The van der Waals surface area contributed by atoms with Crippen molar-refractivity contribution in [1.29, 1.82) is 0 Å². The van der Waals surface area contributed by atoms with Crippen LogP contribution in [0.1, 0.15) is 36.8 Å². The molecule has 1 heterocycles. The van der Waals surface area contributed by atoms with Crippen LogP contribution in [-0.2, 0) is 16.7 Å². The van der Waals surface area contributed by atoms with Crippen molar-refractivity contribution >= 4 is 0 Å². The van der Waals surface area contributed by atoms with Crippen LogP contribution in [0.15, 0.2) is 24.3 Å². The maximum absolute atomic E-state index is 6.13. The van der Waals surface area contributed by atoms with Gasteiger partial charge in [-0.3, -0.25) is 0 Å². The van der Waals surface area contributed by atoms with E-state index in [4.69, 9.17) is 10.5 Å². The third kappa shape index (κ3) is 2.55. The molecule has 0 bridgehead atoms. The van der Waals surface area contributed by atoms with Gasteiger partial charge in [0, 0.05) is 19.7 Å². The number of ether oxygens (including phenoxy) is 1. The molecule has 0 saturated carbocycles. The van der Waals surface area contributed by atoms with Gasteiger partial charge in [0.1, 0.15) is 0 Å². The average molecular weight is 260 g/mol. The predicted octanol–water partition coefficient (Wildman–Crippen LogP) is 1.95. The van der Waals surface area contributed by atoms with E-state index >= 15 is 0 Å². The zero-order chi connectivity index (χ0) is 13.1. The third-order valence-electron chi connectivity index (χ3n) is 4.62. The number of fused-ring (bicyclic) bond motifs is 1. The van der Waals surface area contributed by atoms with Gasteiger partial charge in [-0.2, -0.15) is 0 Å². The van der Waals surface area contributed by atoms with E-state index in [-0.39, 0.29) is 5.54 Å². The number of rotatable bonds is 4. The molecule has 2 unspecified atom stereocenters. The summed E-state index contributed by atoms with van der Waals surface area (Å²) in [5, 5.41) is 3.73. The second kappa shape index (κ2) is 5.61. The molecule has 1 aromatic carbocycles. The normalized spacial score (nSPS) is 30.3. The molecule has 19 heavy (non-hydrogen) atoms. The lowest BCUT2D eigenvalue weighted by Gasteiger charge is -2.40. The topological polar surface area (TPSA) is 47.3 Å². The van der Waals surface area contributed by atoms with Gasteiger partial charge in [-0.1, -0.05) is 24.3 Å². The Labute approximate surface area is 115 Å². The smallest absolute Gasteiger partial charge is 0.0700 e. The Morgan fingerprint density at radius 1 is 1.32 bits per heavy atom. The van der Waals surface area contributed by atoms with Crippen LogP contribution in [-0.4, -0.2) is 25.8 Å². The Balaban J connectivity index is 1.78. The highest BCUT2D eigenvalue weighted by atomic mass is 16.5. The summed E-state index contributed by atoms with van der Waals surface area (Å²) in [5.41, 5.74) is 8.96. The van der Waals surface area contributed by atoms with E-state index in [0.29, 0.717) is 12.6 Å². The summed E-state index contributed by atoms with van der Waals surface area (Å²) in [4.78, 5) is 0. The van der Waals surface area contributed by atoms with Crippen LogP contribution in [0.4, 0.5) is 0 Å². The molecule has 0 aromatic heterocycles. The van der Waals surface area contributed by atoms with Crippen LogP contribution in [0.5, 0.6) is 0 Å².